The molecule has 2 aromatic rings. The van der Waals surface area contributed by atoms with Gasteiger partial charge in [0.05, 0.1) is 5.39 Å². The van der Waals surface area contributed by atoms with Crippen molar-refractivity contribution in [3.63, 3.8) is 0 Å². The molecule has 2 rings (SSSR count). The van der Waals surface area contributed by atoms with Crippen molar-refractivity contribution in [1.29, 1.82) is 0 Å². The van der Waals surface area contributed by atoms with Gasteiger partial charge in [-0.2, -0.15) is 0 Å². The average Bonchev–Trinajstić information content (AvgIpc) is 2.18. The molecule has 0 fully saturated rings. The van der Waals surface area contributed by atoms with Crippen molar-refractivity contribution in [3.8, 4) is 0 Å². The van der Waals surface area contributed by atoms with E-state index in [2.05, 4.69) is 6.58 Å². The van der Waals surface area contributed by atoms with Crippen LogP contribution in [-0.2, 0) is 0 Å². The second-order valence-corrected chi connectivity index (χ2v) is 2.71. The maximum Gasteiger partial charge on any atom is 0.193 e. The number of hydrogen-bond donors (Lipinski definition) is 0. The lowest BCUT2D eigenvalue weighted by Crippen LogP contribution is -1.99. The van der Waals surface area contributed by atoms with Crippen LogP contribution < -0.4 is 5.43 Å². The van der Waals surface area contributed by atoms with E-state index in [0.717, 1.165) is 0 Å². The van der Waals surface area contributed by atoms with E-state index in [1.807, 2.05) is 12.1 Å². The first-order valence-electron chi connectivity index (χ1n) is 3.96. The molecule has 0 spiro atoms. The minimum atomic E-state index is -0.0308. The van der Waals surface area contributed by atoms with E-state index in [1.165, 1.54) is 12.1 Å². The van der Waals surface area contributed by atoms with Gasteiger partial charge in [0.1, 0.15) is 11.3 Å². The van der Waals surface area contributed by atoms with Crippen LogP contribution in [0.3, 0.4) is 0 Å². The molecule has 1 aromatic heterocycles. The molecule has 13 heavy (non-hydrogen) atoms. The van der Waals surface area contributed by atoms with Crippen molar-refractivity contribution < 1.29 is 4.42 Å². The third-order valence-corrected chi connectivity index (χ3v) is 1.85. The smallest absolute Gasteiger partial charge is 0.193 e. The van der Waals surface area contributed by atoms with Gasteiger partial charge in [-0.05, 0) is 18.2 Å². The number of rotatable bonds is 1. The average molecular weight is 172 g/mol. The zero-order valence-corrected chi connectivity index (χ0v) is 6.99. The number of fused-ring (bicyclic) bond motifs is 1. The van der Waals surface area contributed by atoms with Crippen molar-refractivity contribution in [2.24, 2.45) is 0 Å². The largest absolute Gasteiger partial charge is 0.456 e. The van der Waals surface area contributed by atoms with Crippen LogP contribution in [0.5, 0.6) is 0 Å². The highest BCUT2D eigenvalue weighted by atomic mass is 16.3. The number of benzene rings is 1. The highest BCUT2D eigenvalue weighted by Gasteiger charge is 2.00. The molecule has 0 aliphatic rings. The van der Waals surface area contributed by atoms with Crippen molar-refractivity contribution in [3.05, 3.63) is 52.9 Å². The minimum Gasteiger partial charge on any atom is -0.456 e. The Labute approximate surface area is 75.1 Å². The van der Waals surface area contributed by atoms with Crippen LogP contribution in [-0.4, -0.2) is 0 Å². The van der Waals surface area contributed by atoms with E-state index < -0.39 is 0 Å². The van der Waals surface area contributed by atoms with Gasteiger partial charge in [0.15, 0.2) is 5.43 Å². The van der Waals surface area contributed by atoms with Crippen LogP contribution in [0.25, 0.3) is 17.0 Å². The molecule has 0 amide bonds. The fourth-order valence-corrected chi connectivity index (χ4v) is 1.22. The van der Waals surface area contributed by atoms with Crippen LogP contribution in [0.1, 0.15) is 5.76 Å². The summed E-state index contributed by atoms with van der Waals surface area (Å²) in [5.74, 6) is 0.503. The summed E-state index contributed by atoms with van der Waals surface area (Å²) in [5.41, 5.74) is 0.571. The lowest BCUT2D eigenvalue weighted by atomic mass is 10.2. The molecule has 1 heterocycles. The van der Waals surface area contributed by atoms with Crippen LogP contribution in [0.2, 0.25) is 0 Å². The van der Waals surface area contributed by atoms with E-state index in [-0.39, 0.29) is 5.43 Å². The second-order valence-electron chi connectivity index (χ2n) is 2.71. The molecule has 0 unspecified atom stereocenters. The fraction of sp³-hybridized carbons (Fsp3) is 0. The Morgan fingerprint density at radius 2 is 2.08 bits per heavy atom. The summed E-state index contributed by atoms with van der Waals surface area (Å²) >= 11 is 0. The normalized spacial score (nSPS) is 10.2. The molecule has 0 bridgehead atoms. The Hall–Kier alpha value is -1.83. The van der Waals surface area contributed by atoms with Gasteiger partial charge in [-0.3, -0.25) is 4.79 Å². The standard InChI is InChI=1S/C11H8O2/c1-2-8-7-10(12)9-5-3-4-6-11(9)13-8/h2-7H,1H2. The maximum absolute atomic E-state index is 11.5. The second kappa shape index (κ2) is 2.90. The summed E-state index contributed by atoms with van der Waals surface area (Å²) in [5, 5.41) is 0.605. The lowest BCUT2D eigenvalue weighted by Gasteiger charge is -1.96. The molecule has 0 saturated carbocycles. The van der Waals surface area contributed by atoms with Gasteiger partial charge in [0, 0.05) is 6.07 Å². The van der Waals surface area contributed by atoms with Crippen molar-refractivity contribution in [1.82, 2.24) is 0 Å². The van der Waals surface area contributed by atoms with Gasteiger partial charge in [-0.1, -0.05) is 18.7 Å². The van der Waals surface area contributed by atoms with E-state index in [1.54, 1.807) is 12.1 Å². The van der Waals surface area contributed by atoms with Gasteiger partial charge in [-0.25, -0.2) is 0 Å². The first-order valence-corrected chi connectivity index (χ1v) is 3.96. The summed E-state index contributed by atoms with van der Waals surface area (Å²) in [7, 11) is 0. The molecular formula is C11H8O2. The monoisotopic (exact) mass is 172 g/mol. The Bertz CT molecular complexity index is 509. The van der Waals surface area contributed by atoms with Crippen molar-refractivity contribution in [2.75, 3.05) is 0 Å². The summed E-state index contributed by atoms with van der Waals surface area (Å²) in [4.78, 5) is 11.5. The summed E-state index contributed by atoms with van der Waals surface area (Å²) in [6.45, 7) is 3.55. The Morgan fingerprint density at radius 3 is 2.85 bits per heavy atom. The highest BCUT2D eigenvalue weighted by Crippen LogP contribution is 2.11. The fourth-order valence-electron chi connectivity index (χ4n) is 1.22. The van der Waals surface area contributed by atoms with Gasteiger partial charge in [-0.15, -0.1) is 0 Å². The highest BCUT2D eigenvalue weighted by molar-refractivity contribution is 5.76. The predicted molar refractivity (Wildman–Crippen MR) is 52.6 cm³/mol. The molecule has 0 aliphatic heterocycles. The number of hydrogen-bond acceptors (Lipinski definition) is 2. The van der Waals surface area contributed by atoms with E-state index >= 15 is 0 Å². The third kappa shape index (κ3) is 1.26. The van der Waals surface area contributed by atoms with Crippen LogP contribution in [0.4, 0.5) is 0 Å². The quantitative estimate of drug-likeness (QED) is 0.661. The SMILES string of the molecule is C=Cc1cc(=O)c2ccccc2o1. The van der Waals surface area contributed by atoms with Gasteiger partial charge in [0.25, 0.3) is 0 Å². The Kier molecular flexibility index (Phi) is 1.74. The molecule has 0 N–H and O–H groups in total. The molecule has 0 atom stereocenters. The number of para-hydroxylation sites is 1. The first kappa shape index (κ1) is 7.80. The molecule has 0 radical (unpaired) electrons. The molecule has 0 aliphatic carbocycles. The zero-order valence-electron chi connectivity index (χ0n) is 6.99. The maximum atomic E-state index is 11.5. The zero-order chi connectivity index (χ0) is 9.26. The van der Waals surface area contributed by atoms with Crippen LogP contribution >= 0.6 is 0 Å². The molecular weight excluding hydrogens is 164 g/mol. The molecule has 64 valence electrons. The topological polar surface area (TPSA) is 30.2 Å². The van der Waals surface area contributed by atoms with Crippen LogP contribution in [0.15, 0.2) is 46.1 Å². The Balaban J connectivity index is 2.92. The van der Waals surface area contributed by atoms with Gasteiger partial charge in [0.2, 0.25) is 0 Å². The minimum absolute atomic E-state index is 0.0308. The van der Waals surface area contributed by atoms with E-state index in [0.29, 0.717) is 16.7 Å². The van der Waals surface area contributed by atoms with Crippen molar-refractivity contribution >= 4 is 17.0 Å². The van der Waals surface area contributed by atoms with Crippen LogP contribution in [0, 0.1) is 0 Å². The van der Waals surface area contributed by atoms with E-state index in [4.69, 9.17) is 4.42 Å². The molecule has 0 saturated heterocycles. The third-order valence-electron chi connectivity index (χ3n) is 1.85. The first-order chi connectivity index (χ1) is 6.31. The van der Waals surface area contributed by atoms with Gasteiger partial charge >= 0.3 is 0 Å². The molecule has 2 nitrogen and oxygen atoms in total. The predicted octanol–water partition coefficient (Wildman–Crippen LogP) is 2.44. The molecule has 1 aromatic carbocycles. The van der Waals surface area contributed by atoms with Gasteiger partial charge < -0.3 is 4.42 Å². The molecule has 2 heteroatoms. The lowest BCUT2D eigenvalue weighted by molar-refractivity contribution is 0.591. The summed E-state index contributed by atoms with van der Waals surface area (Å²) < 4.78 is 5.37. The van der Waals surface area contributed by atoms with Crippen molar-refractivity contribution in [2.45, 2.75) is 0 Å². The van der Waals surface area contributed by atoms with E-state index in [9.17, 15) is 4.79 Å². The summed E-state index contributed by atoms with van der Waals surface area (Å²) in [6, 6.07) is 8.60. The Morgan fingerprint density at radius 1 is 1.31 bits per heavy atom. The summed E-state index contributed by atoms with van der Waals surface area (Å²) in [6.07, 6.45) is 1.52.